The first-order valence-electron chi connectivity index (χ1n) is 17.6. The molecule has 3 aliphatic heterocycles. The summed E-state index contributed by atoms with van der Waals surface area (Å²) >= 11 is 6.68. The van der Waals surface area contributed by atoms with Gasteiger partial charge in [-0.15, -0.1) is 13.2 Å². The standard InChI is InChI=1S/C39H48ClN3O7/c1-4-6-19-31(45)49-25-29(27-16-10-9-11-17-27)41-36(46)32-30-20-21-39(50-30)33(32)37(47)43(23-12-7-8-13-24-44)35(39)38(48)42(22-5-2)34-26(3)15-14-18-28(34)40/h4-5,9-11,14-18,29-30,32-33,35,44H,1-2,6-8,12-13,19-25H2,3H3,(H,41,46)/t29-,30+,32-,33-,35+,39-/m1/s1. The number of ether oxygens (including phenoxy) is 2. The van der Waals surface area contributed by atoms with E-state index in [1.807, 2.05) is 49.4 Å². The number of allylic oxidation sites excluding steroid dienone is 1. The Morgan fingerprint density at radius 1 is 1.12 bits per heavy atom. The number of fused-ring (bicyclic) bond motifs is 1. The molecule has 0 radical (unpaired) electrons. The van der Waals surface area contributed by atoms with Crippen molar-refractivity contribution in [2.45, 2.75) is 82.1 Å². The number of hydrogen-bond donors (Lipinski definition) is 2. The molecule has 6 atom stereocenters. The van der Waals surface area contributed by atoms with Crippen LogP contribution in [0.15, 0.2) is 73.8 Å². The van der Waals surface area contributed by atoms with Gasteiger partial charge in [0.15, 0.2) is 0 Å². The van der Waals surface area contributed by atoms with Gasteiger partial charge in [-0.1, -0.05) is 79.1 Å². The van der Waals surface area contributed by atoms with Crippen LogP contribution in [0.4, 0.5) is 5.69 Å². The number of aliphatic hydroxyl groups excluding tert-OH is 1. The summed E-state index contributed by atoms with van der Waals surface area (Å²) in [5.74, 6) is -3.12. The SMILES string of the molecule is C=CCCC(=O)OC[C@@H](NC(=O)[C@@H]1[C@@H]2CC[C@]3(O2)[C@H](C(=O)N(CC=C)c2c(C)cccc2Cl)N(CCCCCCO)C(=O)[C@@H]13)c1ccccc1. The number of carbonyl (C=O) groups excluding carboxylic acids is 4. The molecule has 3 heterocycles. The lowest BCUT2D eigenvalue weighted by atomic mass is 9.70. The van der Waals surface area contributed by atoms with E-state index in [0.717, 1.165) is 24.0 Å². The Hall–Kier alpha value is -3.99. The van der Waals surface area contributed by atoms with Crippen molar-refractivity contribution in [2.75, 3.05) is 31.2 Å². The number of nitrogens with one attached hydrogen (secondary N) is 1. The molecule has 2 N–H and O–H groups in total. The minimum atomic E-state index is -1.21. The van der Waals surface area contributed by atoms with E-state index >= 15 is 0 Å². The molecule has 11 heteroatoms. The van der Waals surface area contributed by atoms with Crippen molar-refractivity contribution in [1.29, 1.82) is 0 Å². The second kappa shape index (κ2) is 16.8. The predicted molar refractivity (Wildman–Crippen MR) is 191 cm³/mol. The topological polar surface area (TPSA) is 125 Å². The van der Waals surface area contributed by atoms with E-state index in [9.17, 15) is 24.3 Å². The fourth-order valence-electron chi connectivity index (χ4n) is 7.90. The van der Waals surface area contributed by atoms with Crippen LogP contribution in [0.3, 0.4) is 0 Å². The van der Waals surface area contributed by atoms with E-state index < -0.39 is 41.6 Å². The summed E-state index contributed by atoms with van der Waals surface area (Å²) in [6.45, 7) is 9.89. The Morgan fingerprint density at radius 3 is 2.58 bits per heavy atom. The summed E-state index contributed by atoms with van der Waals surface area (Å²) < 4.78 is 12.2. The number of para-hydroxylation sites is 1. The molecule has 0 saturated carbocycles. The largest absolute Gasteiger partial charge is 0.463 e. The highest BCUT2D eigenvalue weighted by atomic mass is 35.5. The van der Waals surface area contributed by atoms with Gasteiger partial charge in [0.25, 0.3) is 5.91 Å². The minimum absolute atomic E-state index is 0.0808. The molecule has 5 rings (SSSR count). The van der Waals surface area contributed by atoms with Gasteiger partial charge in [0.05, 0.1) is 34.7 Å². The zero-order chi connectivity index (χ0) is 35.8. The van der Waals surface area contributed by atoms with E-state index in [4.69, 9.17) is 21.1 Å². The third kappa shape index (κ3) is 7.53. The first-order chi connectivity index (χ1) is 24.2. The second-order valence-corrected chi connectivity index (χ2v) is 13.8. The summed E-state index contributed by atoms with van der Waals surface area (Å²) in [5.41, 5.74) is 0.888. The van der Waals surface area contributed by atoms with Crippen molar-refractivity contribution in [3.8, 4) is 0 Å². The Kier molecular flexibility index (Phi) is 12.5. The number of aliphatic hydroxyl groups is 1. The lowest BCUT2D eigenvalue weighted by Crippen LogP contribution is -2.56. The number of aryl methyl sites for hydroxylation is 1. The van der Waals surface area contributed by atoms with Crippen molar-refractivity contribution in [3.63, 3.8) is 0 Å². The van der Waals surface area contributed by atoms with Crippen molar-refractivity contribution in [2.24, 2.45) is 11.8 Å². The van der Waals surface area contributed by atoms with Crippen molar-refractivity contribution < 1.29 is 33.8 Å². The quantitative estimate of drug-likeness (QED) is 0.120. The predicted octanol–water partition coefficient (Wildman–Crippen LogP) is 5.46. The lowest BCUT2D eigenvalue weighted by Gasteiger charge is -2.37. The van der Waals surface area contributed by atoms with Gasteiger partial charge >= 0.3 is 5.97 Å². The van der Waals surface area contributed by atoms with Gasteiger partial charge in [0.1, 0.15) is 18.2 Å². The number of nitrogens with zero attached hydrogens (tertiary/aromatic N) is 2. The molecule has 1 spiro atoms. The van der Waals surface area contributed by atoms with Crippen LogP contribution in [-0.4, -0.2) is 77.7 Å². The Labute approximate surface area is 299 Å². The second-order valence-electron chi connectivity index (χ2n) is 13.4. The zero-order valence-electron chi connectivity index (χ0n) is 28.7. The number of likely N-dealkylation sites (tertiary alicyclic amines) is 1. The molecule has 3 aliphatic rings. The fraction of sp³-hybridized carbons (Fsp3) is 0.487. The van der Waals surface area contributed by atoms with Crippen molar-refractivity contribution >= 4 is 41.0 Å². The molecule has 50 heavy (non-hydrogen) atoms. The van der Waals surface area contributed by atoms with Gasteiger partial charge in [-0.2, -0.15) is 0 Å². The molecule has 3 fully saturated rings. The number of anilines is 1. The molecule has 3 amide bonds. The minimum Gasteiger partial charge on any atom is -0.463 e. The number of amides is 3. The summed E-state index contributed by atoms with van der Waals surface area (Å²) in [6, 6.07) is 13.0. The van der Waals surface area contributed by atoms with Crippen LogP contribution in [0, 0.1) is 18.8 Å². The summed E-state index contributed by atoms with van der Waals surface area (Å²) in [5, 5.41) is 12.8. The highest BCUT2D eigenvalue weighted by molar-refractivity contribution is 6.34. The maximum absolute atomic E-state index is 14.9. The molecule has 10 nitrogen and oxygen atoms in total. The molecule has 268 valence electrons. The molecular weight excluding hydrogens is 658 g/mol. The number of rotatable bonds is 18. The maximum atomic E-state index is 14.9. The van der Waals surface area contributed by atoms with E-state index in [1.54, 1.807) is 28.0 Å². The van der Waals surface area contributed by atoms with Gasteiger partial charge in [0, 0.05) is 26.1 Å². The Morgan fingerprint density at radius 2 is 1.88 bits per heavy atom. The number of esters is 1. The van der Waals surface area contributed by atoms with Crippen molar-refractivity contribution in [1.82, 2.24) is 10.2 Å². The van der Waals surface area contributed by atoms with E-state index in [-0.39, 0.29) is 43.9 Å². The fourth-order valence-corrected chi connectivity index (χ4v) is 8.22. The summed E-state index contributed by atoms with van der Waals surface area (Å²) in [7, 11) is 0. The third-order valence-corrected chi connectivity index (χ3v) is 10.5. The van der Waals surface area contributed by atoms with Crippen LogP contribution < -0.4 is 10.2 Å². The number of hydrogen-bond acceptors (Lipinski definition) is 7. The molecule has 2 bridgehead atoms. The van der Waals surface area contributed by atoms with E-state index in [2.05, 4.69) is 18.5 Å². The van der Waals surface area contributed by atoms with Gasteiger partial charge in [0.2, 0.25) is 11.8 Å². The average Bonchev–Trinajstić information content (AvgIpc) is 3.76. The normalized spacial score (nSPS) is 24.1. The summed E-state index contributed by atoms with van der Waals surface area (Å²) in [4.78, 5) is 59.4. The monoisotopic (exact) mass is 705 g/mol. The molecular formula is C39H48ClN3O7. The molecule has 0 aromatic heterocycles. The first-order valence-corrected chi connectivity index (χ1v) is 17.9. The van der Waals surface area contributed by atoms with Crippen molar-refractivity contribution in [3.05, 3.63) is 90.0 Å². The van der Waals surface area contributed by atoms with Crippen LogP contribution >= 0.6 is 11.6 Å². The third-order valence-electron chi connectivity index (χ3n) is 10.2. The Bertz CT molecular complexity index is 1550. The molecule has 0 aliphatic carbocycles. The van der Waals surface area contributed by atoms with E-state index in [0.29, 0.717) is 49.4 Å². The molecule has 2 aromatic rings. The smallest absolute Gasteiger partial charge is 0.306 e. The van der Waals surface area contributed by atoms with E-state index in [1.165, 1.54) is 0 Å². The molecule has 2 aromatic carbocycles. The van der Waals surface area contributed by atoms with Crippen LogP contribution in [0.1, 0.15) is 68.5 Å². The maximum Gasteiger partial charge on any atom is 0.306 e. The highest BCUT2D eigenvalue weighted by Gasteiger charge is 2.74. The number of halogens is 1. The molecule has 0 unspecified atom stereocenters. The lowest BCUT2D eigenvalue weighted by molar-refractivity contribution is -0.146. The Balaban J connectivity index is 1.46. The zero-order valence-corrected chi connectivity index (χ0v) is 29.5. The number of unbranched alkanes of at least 4 members (excludes halogenated alkanes) is 3. The van der Waals surface area contributed by atoms with Crippen LogP contribution in [-0.2, 0) is 28.7 Å². The highest BCUT2D eigenvalue weighted by Crippen LogP contribution is 2.59. The summed E-state index contributed by atoms with van der Waals surface area (Å²) in [6.07, 6.45) is 7.15. The first kappa shape index (κ1) is 37.3. The van der Waals surface area contributed by atoms with Gasteiger partial charge < -0.3 is 29.7 Å². The average molecular weight is 706 g/mol. The van der Waals surface area contributed by atoms with Gasteiger partial charge in [-0.25, -0.2) is 0 Å². The molecule has 3 saturated heterocycles. The van der Waals surface area contributed by atoms with Gasteiger partial charge in [-0.3, -0.25) is 19.2 Å². The number of carbonyl (C=O) groups is 4. The van der Waals surface area contributed by atoms with Crippen LogP contribution in [0.25, 0.3) is 0 Å². The number of benzene rings is 2. The van der Waals surface area contributed by atoms with Crippen LogP contribution in [0.5, 0.6) is 0 Å². The van der Waals surface area contributed by atoms with Gasteiger partial charge in [-0.05, 0) is 56.2 Å². The van der Waals surface area contributed by atoms with Crippen LogP contribution in [0.2, 0.25) is 5.02 Å².